The maximum absolute atomic E-state index is 12.2. The number of rotatable bonds is 1. The van der Waals surface area contributed by atoms with Crippen molar-refractivity contribution in [3.05, 3.63) is 23.4 Å². The van der Waals surface area contributed by atoms with Gasteiger partial charge in [-0.25, -0.2) is 4.98 Å². The van der Waals surface area contributed by atoms with E-state index in [1.807, 2.05) is 13.8 Å². The fourth-order valence-corrected chi connectivity index (χ4v) is 2.00. The third kappa shape index (κ3) is 2.74. The van der Waals surface area contributed by atoms with E-state index in [1.165, 1.54) is 0 Å². The molecule has 1 unspecified atom stereocenters. The Morgan fingerprint density at radius 2 is 2.35 bits per heavy atom. The van der Waals surface area contributed by atoms with E-state index in [1.54, 1.807) is 17.0 Å². The number of anilines is 1. The molecule has 1 fully saturated rings. The van der Waals surface area contributed by atoms with Crippen LogP contribution in [0.25, 0.3) is 0 Å². The molecule has 1 amide bonds. The van der Waals surface area contributed by atoms with Gasteiger partial charge < -0.3 is 15.4 Å². The van der Waals surface area contributed by atoms with Crippen LogP contribution in [0.1, 0.15) is 23.0 Å². The molecule has 0 spiro atoms. The molecule has 2 rings (SSSR count). The van der Waals surface area contributed by atoms with Crippen molar-refractivity contribution < 1.29 is 9.53 Å². The van der Waals surface area contributed by atoms with Gasteiger partial charge in [-0.05, 0) is 26.0 Å². The molecule has 92 valence electrons. The highest BCUT2D eigenvalue weighted by Crippen LogP contribution is 2.13. The summed E-state index contributed by atoms with van der Waals surface area (Å²) in [5.74, 6) is 0.381. The van der Waals surface area contributed by atoms with Gasteiger partial charge in [-0.2, -0.15) is 0 Å². The standard InChI is InChI=1S/C12H17N3O2/c1-8-5-10(6-11(13)14-8)12(16)15-3-4-17-9(2)7-15/h5-6,9H,3-4,7H2,1-2H3,(H2,13,14). The molecule has 0 aliphatic carbocycles. The van der Waals surface area contributed by atoms with Crippen LogP contribution in [0.15, 0.2) is 12.1 Å². The topological polar surface area (TPSA) is 68.5 Å². The minimum absolute atomic E-state index is 0.00245. The zero-order valence-corrected chi connectivity index (χ0v) is 10.1. The summed E-state index contributed by atoms with van der Waals surface area (Å²) < 4.78 is 5.41. The number of nitrogens with two attached hydrogens (primary N) is 1. The summed E-state index contributed by atoms with van der Waals surface area (Å²) in [6.45, 7) is 5.64. The van der Waals surface area contributed by atoms with Crippen molar-refractivity contribution in [1.29, 1.82) is 0 Å². The van der Waals surface area contributed by atoms with E-state index >= 15 is 0 Å². The van der Waals surface area contributed by atoms with Crippen LogP contribution in [0.3, 0.4) is 0 Å². The number of amides is 1. The van der Waals surface area contributed by atoms with Gasteiger partial charge in [0.05, 0.1) is 12.7 Å². The number of carbonyl (C=O) groups excluding carboxylic acids is 1. The normalized spacial score (nSPS) is 20.4. The molecule has 5 heteroatoms. The highest BCUT2D eigenvalue weighted by molar-refractivity contribution is 5.95. The Labute approximate surface area is 101 Å². The first-order valence-corrected chi connectivity index (χ1v) is 5.71. The van der Waals surface area contributed by atoms with Crippen LogP contribution in [0.4, 0.5) is 5.82 Å². The van der Waals surface area contributed by atoms with E-state index in [0.29, 0.717) is 31.1 Å². The highest BCUT2D eigenvalue weighted by Gasteiger charge is 2.22. The molecule has 1 aromatic heterocycles. The third-order valence-corrected chi connectivity index (χ3v) is 2.75. The fraction of sp³-hybridized carbons (Fsp3) is 0.500. The molecule has 1 aliphatic rings. The van der Waals surface area contributed by atoms with Gasteiger partial charge in [0.15, 0.2) is 0 Å². The van der Waals surface area contributed by atoms with Crippen LogP contribution in [-0.4, -0.2) is 41.6 Å². The molecular weight excluding hydrogens is 218 g/mol. The first-order chi connectivity index (χ1) is 8.06. The van der Waals surface area contributed by atoms with Gasteiger partial charge in [0.25, 0.3) is 5.91 Å². The molecule has 1 atom stereocenters. The predicted molar refractivity (Wildman–Crippen MR) is 64.7 cm³/mol. The molecule has 5 nitrogen and oxygen atoms in total. The molecule has 0 aromatic carbocycles. The fourth-order valence-electron chi connectivity index (χ4n) is 2.00. The lowest BCUT2D eigenvalue weighted by Crippen LogP contribution is -2.44. The summed E-state index contributed by atoms with van der Waals surface area (Å²) in [6, 6.07) is 3.38. The molecule has 1 saturated heterocycles. The number of nitrogen functional groups attached to an aromatic ring is 1. The number of hydrogen-bond acceptors (Lipinski definition) is 4. The van der Waals surface area contributed by atoms with E-state index in [9.17, 15) is 4.79 Å². The van der Waals surface area contributed by atoms with Gasteiger partial charge in [-0.15, -0.1) is 0 Å². The summed E-state index contributed by atoms with van der Waals surface area (Å²) in [7, 11) is 0. The molecule has 17 heavy (non-hydrogen) atoms. The SMILES string of the molecule is Cc1cc(C(=O)N2CCOC(C)C2)cc(N)n1. The van der Waals surface area contributed by atoms with E-state index in [2.05, 4.69) is 4.98 Å². The Morgan fingerprint density at radius 3 is 3.00 bits per heavy atom. The lowest BCUT2D eigenvalue weighted by molar-refractivity contribution is -0.0124. The van der Waals surface area contributed by atoms with Crippen LogP contribution in [0, 0.1) is 6.92 Å². The minimum Gasteiger partial charge on any atom is -0.384 e. The number of aryl methyl sites for hydroxylation is 1. The maximum atomic E-state index is 12.2. The minimum atomic E-state index is -0.00245. The maximum Gasteiger partial charge on any atom is 0.254 e. The number of morpholine rings is 1. The van der Waals surface area contributed by atoms with Crippen LogP contribution in [-0.2, 0) is 4.74 Å². The van der Waals surface area contributed by atoms with Crippen molar-refractivity contribution in [3.63, 3.8) is 0 Å². The molecular formula is C12H17N3O2. The van der Waals surface area contributed by atoms with Crippen LogP contribution in [0.2, 0.25) is 0 Å². The molecule has 1 aliphatic heterocycles. The van der Waals surface area contributed by atoms with E-state index in [-0.39, 0.29) is 12.0 Å². The molecule has 2 heterocycles. The van der Waals surface area contributed by atoms with Crippen molar-refractivity contribution in [2.75, 3.05) is 25.4 Å². The zero-order chi connectivity index (χ0) is 12.4. The van der Waals surface area contributed by atoms with Gasteiger partial charge in [0.2, 0.25) is 0 Å². The van der Waals surface area contributed by atoms with Crippen molar-refractivity contribution >= 4 is 11.7 Å². The average molecular weight is 235 g/mol. The largest absolute Gasteiger partial charge is 0.384 e. The average Bonchev–Trinajstić information content (AvgIpc) is 2.26. The third-order valence-electron chi connectivity index (χ3n) is 2.75. The quantitative estimate of drug-likeness (QED) is 0.783. The Morgan fingerprint density at radius 1 is 1.59 bits per heavy atom. The lowest BCUT2D eigenvalue weighted by atomic mass is 10.2. The Hall–Kier alpha value is -1.62. The summed E-state index contributed by atoms with van der Waals surface area (Å²) in [5, 5.41) is 0. The zero-order valence-electron chi connectivity index (χ0n) is 10.1. The van der Waals surface area contributed by atoms with Crippen molar-refractivity contribution in [2.24, 2.45) is 0 Å². The monoisotopic (exact) mass is 235 g/mol. The van der Waals surface area contributed by atoms with Gasteiger partial charge in [-0.3, -0.25) is 4.79 Å². The number of hydrogen-bond donors (Lipinski definition) is 1. The number of carbonyl (C=O) groups is 1. The number of ether oxygens (including phenoxy) is 1. The second-order valence-corrected chi connectivity index (χ2v) is 4.35. The van der Waals surface area contributed by atoms with E-state index in [0.717, 1.165) is 5.69 Å². The number of pyridine rings is 1. The van der Waals surface area contributed by atoms with Crippen molar-refractivity contribution in [3.8, 4) is 0 Å². The summed E-state index contributed by atoms with van der Waals surface area (Å²) in [4.78, 5) is 18.1. The van der Waals surface area contributed by atoms with Crippen LogP contribution in [0.5, 0.6) is 0 Å². The van der Waals surface area contributed by atoms with Gasteiger partial charge in [0.1, 0.15) is 5.82 Å². The predicted octanol–water partition coefficient (Wildman–Crippen LogP) is 0.833. The highest BCUT2D eigenvalue weighted by atomic mass is 16.5. The first-order valence-electron chi connectivity index (χ1n) is 5.71. The summed E-state index contributed by atoms with van der Waals surface area (Å²) in [6.07, 6.45) is 0.0907. The number of nitrogens with zero attached hydrogens (tertiary/aromatic N) is 2. The first kappa shape index (κ1) is 11.9. The smallest absolute Gasteiger partial charge is 0.254 e. The summed E-state index contributed by atoms with van der Waals surface area (Å²) >= 11 is 0. The van der Waals surface area contributed by atoms with Crippen LogP contribution < -0.4 is 5.73 Å². The number of aromatic nitrogens is 1. The Kier molecular flexibility index (Phi) is 3.28. The molecule has 2 N–H and O–H groups in total. The van der Waals surface area contributed by atoms with Gasteiger partial charge in [0, 0.05) is 24.3 Å². The summed E-state index contributed by atoms with van der Waals surface area (Å²) in [5.41, 5.74) is 7.01. The molecule has 1 aromatic rings. The van der Waals surface area contributed by atoms with E-state index in [4.69, 9.17) is 10.5 Å². The molecule has 0 saturated carbocycles. The molecule has 0 radical (unpaired) electrons. The van der Waals surface area contributed by atoms with Gasteiger partial charge in [-0.1, -0.05) is 0 Å². The van der Waals surface area contributed by atoms with Gasteiger partial charge >= 0.3 is 0 Å². The molecule has 0 bridgehead atoms. The van der Waals surface area contributed by atoms with Crippen molar-refractivity contribution in [1.82, 2.24) is 9.88 Å². The van der Waals surface area contributed by atoms with E-state index < -0.39 is 0 Å². The Bertz CT molecular complexity index is 414. The second-order valence-electron chi connectivity index (χ2n) is 4.35. The van der Waals surface area contributed by atoms with Crippen LogP contribution >= 0.6 is 0 Å². The van der Waals surface area contributed by atoms with Crippen molar-refractivity contribution in [2.45, 2.75) is 20.0 Å². The second kappa shape index (κ2) is 4.71. The lowest BCUT2D eigenvalue weighted by Gasteiger charge is -2.31. The Balaban J connectivity index is 2.18.